The number of carbonyl (C=O) groups excluding carboxylic acids is 1. The average molecular weight is 251 g/mol. The van der Waals surface area contributed by atoms with Crippen molar-refractivity contribution in [3.8, 4) is 0 Å². The summed E-state index contributed by atoms with van der Waals surface area (Å²) in [5.41, 5.74) is 0.799. The fourth-order valence-electron chi connectivity index (χ4n) is 2.11. The minimum absolute atomic E-state index is 0.0630. The van der Waals surface area contributed by atoms with Crippen molar-refractivity contribution in [2.75, 3.05) is 6.61 Å². The van der Waals surface area contributed by atoms with E-state index in [1.54, 1.807) is 12.1 Å². The van der Waals surface area contributed by atoms with Crippen LogP contribution in [0.2, 0.25) is 0 Å². The molecule has 1 aliphatic carbocycles. The monoisotopic (exact) mass is 251 g/mol. The van der Waals surface area contributed by atoms with Crippen LogP contribution in [-0.2, 0) is 11.2 Å². The van der Waals surface area contributed by atoms with Gasteiger partial charge in [-0.1, -0.05) is 12.1 Å². The van der Waals surface area contributed by atoms with Gasteiger partial charge in [0.15, 0.2) is 0 Å². The molecule has 4 heteroatoms. The molecule has 1 fully saturated rings. The summed E-state index contributed by atoms with van der Waals surface area (Å²) in [4.78, 5) is 11.8. The lowest BCUT2D eigenvalue weighted by Gasteiger charge is -2.17. The highest BCUT2D eigenvalue weighted by Gasteiger charge is 2.31. The summed E-state index contributed by atoms with van der Waals surface area (Å²) in [7, 11) is 0. The number of aliphatic hydroxyl groups is 1. The zero-order valence-corrected chi connectivity index (χ0v) is 10.2. The van der Waals surface area contributed by atoms with Crippen molar-refractivity contribution in [3.05, 3.63) is 35.6 Å². The lowest BCUT2D eigenvalue weighted by atomic mass is 10.1. The molecule has 0 spiro atoms. The first kappa shape index (κ1) is 13.0. The molecule has 0 heterocycles. The van der Waals surface area contributed by atoms with E-state index in [9.17, 15) is 9.18 Å². The molecule has 18 heavy (non-hydrogen) atoms. The van der Waals surface area contributed by atoms with Crippen LogP contribution in [0.3, 0.4) is 0 Å². The fourth-order valence-corrected chi connectivity index (χ4v) is 2.11. The summed E-state index contributed by atoms with van der Waals surface area (Å²) in [6.45, 7) is 0.0952. The smallest absolute Gasteiger partial charge is 0.224 e. The summed E-state index contributed by atoms with van der Waals surface area (Å²) >= 11 is 0. The molecule has 3 nitrogen and oxygen atoms in total. The van der Waals surface area contributed by atoms with Crippen molar-refractivity contribution in [2.24, 2.45) is 5.92 Å². The normalized spacial score (nSPS) is 16.3. The second-order valence-corrected chi connectivity index (χ2v) is 4.83. The summed E-state index contributed by atoms with van der Waals surface area (Å²) < 4.78 is 12.7. The summed E-state index contributed by atoms with van der Waals surface area (Å²) in [6, 6.07) is 6.03. The molecule has 0 aliphatic heterocycles. The Morgan fingerprint density at radius 1 is 1.39 bits per heavy atom. The molecule has 1 saturated carbocycles. The predicted octanol–water partition coefficient (Wildman–Crippen LogP) is 1.65. The summed E-state index contributed by atoms with van der Waals surface area (Å²) in [5.74, 6) is 0.163. The van der Waals surface area contributed by atoms with Crippen LogP contribution in [0.1, 0.15) is 24.8 Å². The van der Waals surface area contributed by atoms with Crippen molar-refractivity contribution < 1.29 is 14.3 Å². The standard InChI is InChI=1S/C14H18FNO2/c15-12-5-1-10(2-6-12)9-14(18)16-13(7-8-17)11-3-4-11/h1-2,5-6,11,13,17H,3-4,7-9H2,(H,16,18). The topological polar surface area (TPSA) is 49.3 Å². The Balaban J connectivity index is 1.85. The molecule has 1 aromatic carbocycles. The van der Waals surface area contributed by atoms with Gasteiger partial charge in [0.1, 0.15) is 5.82 Å². The highest BCUT2D eigenvalue weighted by atomic mass is 19.1. The number of halogens is 1. The lowest BCUT2D eigenvalue weighted by molar-refractivity contribution is -0.121. The van der Waals surface area contributed by atoms with Crippen LogP contribution < -0.4 is 5.32 Å². The number of hydrogen-bond donors (Lipinski definition) is 2. The molecular weight excluding hydrogens is 233 g/mol. The Bertz CT molecular complexity index is 401. The zero-order valence-electron chi connectivity index (χ0n) is 10.2. The minimum atomic E-state index is -0.296. The van der Waals surface area contributed by atoms with E-state index in [1.165, 1.54) is 12.1 Å². The summed E-state index contributed by atoms with van der Waals surface area (Å²) in [6.07, 6.45) is 3.12. The van der Waals surface area contributed by atoms with Gasteiger partial charge in [-0.15, -0.1) is 0 Å². The minimum Gasteiger partial charge on any atom is -0.396 e. The van der Waals surface area contributed by atoms with Crippen molar-refractivity contribution in [2.45, 2.75) is 31.7 Å². The van der Waals surface area contributed by atoms with Crippen LogP contribution in [0.15, 0.2) is 24.3 Å². The van der Waals surface area contributed by atoms with Gasteiger partial charge < -0.3 is 10.4 Å². The molecule has 2 rings (SSSR count). The van der Waals surface area contributed by atoms with Crippen molar-refractivity contribution in [1.82, 2.24) is 5.32 Å². The highest BCUT2D eigenvalue weighted by molar-refractivity contribution is 5.78. The van der Waals surface area contributed by atoms with Crippen LogP contribution in [0.25, 0.3) is 0 Å². The number of carbonyl (C=O) groups is 1. The van der Waals surface area contributed by atoms with E-state index < -0.39 is 0 Å². The van der Waals surface area contributed by atoms with Gasteiger partial charge in [0.2, 0.25) is 5.91 Å². The third-order valence-corrected chi connectivity index (χ3v) is 3.26. The quantitative estimate of drug-likeness (QED) is 0.807. The second kappa shape index (κ2) is 5.96. The van der Waals surface area contributed by atoms with Crippen molar-refractivity contribution >= 4 is 5.91 Å². The number of nitrogens with one attached hydrogen (secondary N) is 1. The van der Waals surface area contributed by atoms with E-state index in [1.807, 2.05) is 0 Å². The van der Waals surface area contributed by atoms with Crippen LogP contribution >= 0.6 is 0 Å². The van der Waals surface area contributed by atoms with E-state index in [-0.39, 0.29) is 30.8 Å². The highest BCUT2D eigenvalue weighted by Crippen LogP contribution is 2.33. The average Bonchev–Trinajstić information content (AvgIpc) is 3.16. The number of amides is 1. The number of benzene rings is 1. The maximum atomic E-state index is 12.7. The first-order valence-corrected chi connectivity index (χ1v) is 6.33. The lowest BCUT2D eigenvalue weighted by Crippen LogP contribution is -2.38. The van der Waals surface area contributed by atoms with E-state index in [4.69, 9.17) is 5.11 Å². The third-order valence-electron chi connectivity index (χ3n) is 3.26. The molecule has 98 valence electrons. The Labute approximate surface area is 106 Å². The maximum absolute atomic E-state index is 12.7. The van der Waals surface area contributed by atoms with Crippen LogP contribution in [0, 0.1) is 11.7 Å². The molecule has 2 N–H and O–H groups in total. The molecule has 0 aromatic heterocycles. The predicted molar refractivity (Wildman–Crippen MR) is 66.5 cm³/mol. The molecule has 0 radical (unpaired) electrons. The Hall–Kier alpha value is -1.42. The van der Waals surface area contributed by atoms with Gasteiger partial charge in [-0.05, 0) is 42.9 Å². The zero-order chi connectivity index (χ0) is 13.0. The maximum Gasteiger partial charge on any atom is 0.224 e. The fraction of sp³-hybridized carbons (Fsp3) is 0.500. The molecule has 0 bridgehead atoms. The Morgan fingerprint density at radius 2 is 2.06 bits per heavy atom. The van der Waals surface area contributed by atoms with E-state index in [2.05, 4.69) is 5.32 Å². The number of hydrogen-bond acceptors (Lipinski definition) is 2. The van der Waals surface area contributed by atoms with Crippen molar-refractivity contribution in [1.29, 1.82) is 0 Å². The van der Waals surface area contributed by atoms with Gasteiger partial charge in [0.25, 0.3) is 0 Å². The Morgan fingerprint density at radius 3 is 2.61 bits per heavy atom. The van der Waals surface area contributed by atoms with Gasteiger partial charge in [0, 0.05) is 12.6 Å². The van der Waals surface area contributed by atoms with E-state index in [0.29, 0.717) is 12.3 Å². The second-order valence-electron chi connectivity index (χ2n) is 4.83. The molecular formula is C14H18FNO2. The first-order valence-electron chi connectivity index (χ1n) is 6.33. The third kappa shape index (κ3) is 3.81. The van der Waals surface area contributed by atoms with Crippen molar-refractivity contribution in [3.63, 3.8) is 0 Å². The molecule has 1 atom stereocenters. The van der Waals surface area contributed by atoms with Gasteiger partial charge >= 0.3 is 0 Å². The number of aliphatic hydroxyl groups excluding tert-OH is 1. The van der Waals surface area contributed by atoms with Gasteiger partial charge in [-0.25, -0.2) is 4.39 Å². The SMILES string of the molecule is O=C(Cc1ccc(F)cc1)NC(CCO)C1CC1. The van der Waals surface area contributed by atoms with Gasteiger partial charge in [-0.3, -0.25) is 4.79 Å². The molecule has 1 unspecified atom stereocenters. The van der Waals surface area contributed by atoms with Crippen LogP contribution in [0.4, 0.5) is 4.39 Å². The summed E-state index contributed by atoms with van der Waals surface area (Å²) in [5, 5.41) is 11.9. The van der Waals surface area contributed by atoms with Gasteiger partial charge in [0.05, 0.1) is 6.42 Å². The van der Waals surface area contributed by atoms with Crippen LogP contribution in [-0.4, -0.2) is 23.7 Å². The molecule has 0 saturated heterocycles. The van der Waals surface area contributed by atoms with Crippen LogP contribution in [0.5, 0.6) is 0 Å². The molecule has 1 aliphatic rings. The number of rotatable bonds is 6. The van der Waals surface area contributed by atoms with Gasteiger partial charge in [-0.2, -0.15) is 0 Å². The van der Waals surface area contributed by atoms with E-state index in [0.717, 1.165) is 18.4 Å². The first-order chi connectivity index (χ1) is 8.69. The molecule has 1 amide bonds. The molecule has 1 aromatic rings. The largest absolute Gasteiger partial charge is 0.396 e. The Kier molecular flexibility index (Phi) is 4.31. The van der Waals surface area contributed by atoms with E-state index >= 15 is 0 Å².